The van der Waals surface area contributed by atoms with Gasteiger partial charge < -0.3 is 19.8 Å². The van der Waals surface area contributed by atoms with Crippen molar-refractivity contribution >= 4 is 46.3 Å². The Kier molecular flexibility index (Phi) is 5.81. The number of fused-ring (bicyclic) bond motifs is 1. The van der Waals surface area contributed by atoms with Gasteiger partial charge in [-0.15, -0.1) is 0 Å². The van der Waals surface area contributed by atoms with E-state index in [1.54, 1.807) is 0 Å². The van der Waals surface area contributed by atoms with Gasteiger partial charge in [-0.25, -0.2) is 19.2 Å². The molecule has 0 bridgehead atoms. The van der Waals surface area contributed by atoms with Crippen LogP contribution in [0.3, 0.4) is 0 Å². The maximum absolute atomic E-state index is 14.4. The Hall–Kier alpha value is -3.70. The highest BCUT2D eigenvalue weighted by molar-refractivity contribution is 6.32. The Morgan fingerprint density at radius 3 is 2.74 bits per heavy atom. The summed E-state index contributed by atoms with van der Waals surface area (Å²) in [7, 11) is 0. The number of aryl methyl sites for hydroxylation is 1. The van der Waals surface area contributed by atoms with Gasteiger partial charge >= 0.3 is 5.97 Å². The van der Waals surface area contributed by atoms with E-state index in [4.69, 9.17) is 27.7 Å². The van der Waals surface area contributed by atoms with Crippen molar-refractivity contribution < 1.29 is 18.8 Å². The molecule has 0 aliphatic carbocycles. The molecule has 5 heterocycles. The predicted octanol–water partition coefficient (Wildman–Crippen LogP) is 3.75. The van der Waals surface area contributed by atoms with Gasteiger partial charge in [0.1, 0.15) is 27.4 Å². The molecule has 0 saturated carbocycles. The summed E-state index contributed by atoms with van der Waals surface area (Å²) in [4.78, 5) is 34.7. The molecule has 4 aromatic heterocycles. The van der Waals surface area contributed by atoms with Crippen LogP contribution in [0.4, 0.5) is 15.9 Å². The third-order valence-electron chi connectivity index (χ3n) is 5.67. The molecule has 35 heavy (non-hydrogen) atoms. The molecule has 10 nitrogen and oxygen atoms in total. The number of nitrogens with zero attached hydrogens (tertiary/aromatic N) is 5. The summed E-state index contributed by atoms with van der Waals surface area (Å²) in [5.74, 6) is -0.873. The van der Waals surface area contributed by atoms with Crippen LogP contribution in [0, 0.1) is 12.7 Å². The van der Waals surface area contributed by atoms with Gasteiger partial charge in [0.15, 0.2) is 11.5 Å². The van der Waals surface area contributed by atoms with Gasteiger partial charge in [0, 0.05) is 43.4 Å². The van der Waals surface area contributed by atoms with Crippen LogP contribution < -0.4 is 15.8 Å². The molecule has 180 valence electrons. The molecule has 5 rings (SSSR count). The molecule has 2 N–H and O–H groups in total. The molecule has 1 aliphatic heterocycles. The van der Waals surface area contributed by atoms with Crippen molar-refractivity contribution in [2.75, 3.05) is 23.3 Å². The molecule has 4 aromatic rings. The summed E-state index contributed by atoms with van der Waals surface area (Å²) in [6, 6.07) is 5.95. The third-order valence-corrected chi connectivity index (χ3v) is 6.21. The Bertz CT molecular complexity index is 1530. The van der Waals surface area contributed by atoms with Crippen molar-refractivity contribution in [2.45, 2.75) is 19.4 Å². The van der Waals surface area contributed by atoms with Gasteiger partial charge in [-0.2, -0.15) is 0 Å². The normalized spacial score (nSPS) is 13.8. The molecule has 0 radical (unpaired) electrons. The average molecular weight is 519 g/mol. The second-order valence-electron chi connectivity index (χ2n) is 8.08. The molecule has 0 aromatic carbocycles. The van der Waals surface area contributed by atoms with Gasteiger partial charge in [-0.1, -0.05) is 28.4 Å². The molecule has 0 unspecified atom stereocenters. The van der Waals surface area contributed by atoms with E-state index in [1.807, 2.05) is 17.9 Å². The number of aromatic nitrogens is 4. The Morgan fingerprint density at radius 1 is 1.29 bits per heavy atom. The van der Waals surface area contributed by atoms with E-state index in [1.165, 1.54) is 18.2 Å². The standard InChI is InChI=1S/C22H17Cl2FN6O4/c1-10-4-15(29-35-10)12-7-30(8-12)20-17(24)21(32)31-9-13(25)5-11(19(31)28-20)6-26-14-2-3-16(23)27-18(14)22(33)34/h2-5,9,12,26H,6-8H2,1H3,(H,33,34). The number of hydrogen-bond acceptors (Lipinski definition) is 8. The van der Waals surface area contributed by atoms with Gasteiger partial charge in [-0.05, 0) is 25.1 Å². The molecule has 0 spiro atoms. The highest BCUT2D eigenvalue weighted by Crippen LogP contribution is 2.33. The fraction of sp³-hybridized carbons (Fsp3) is 0.227. The van der Waals surface area contributed by atoms with Crippen molar-refractivity contribution in [1.29, 1.82) is 0 Å². The van der Waals surface area contributed by atoms with E-state index in [9.17, 15) is 19.1 Å². The van der Waals surface area contributed by atoms with Crippen molar-refractivity contribution in [3.8, 4) is 0 Å². The summed E-state index contributed by atoms with van der Waals surface area (Å²) < 4.78 is 20.5. The topological polar surface area (TPSA) is 126 Å². The van der Waals surface area contributed by atoms with Crippen LogP contribution in [-0.4, -0.2) is 43.7 Å². The van der Waals surface area contributed by atoms with Crippen LogP contribution in [0.25, 0.3) is 5.65 Å². The monoisotopic (exact) mass is 518 g/mol. The first-order valence-electron chi connectivity index (χ1n) is 10.4. The van der Waals surface area contributed by atoms with E-state index in [0.717, 1.165) is 16.3 Å². The fourth-order valence-corrected chi connectivity index (χ4v) is 4.33. The number of pyridine rings is 2. The van der Waals surface area contributed by atoms with E-state index < -0.39 is 17.3 Å². The van der Waals surface area contributed by atoms with Gasteiger partial charge in [-0.3, -0.25) is 9.20 Å². The molecule has 1 aliphatic rings. The second kappa shape index (κ2) is 8.82. The SMILES string of the molecule is Cc1cc(C2CN(c3nc4c(CNc5ccc(Cl)nc5C(=O)O)cc(F)cn4c(=O)c3Cl)C2)no1. The molecule has 1 saturated heterocycles. The molecule has 13 heteroatoms. The van der Waals surface area contributed by atoms with Crippen LogP contribution in [-0.2, 0) is 6.54 Å². The third kappa shape index (κ3) is 4.28. The lowest BCUT2D eigenvalue weighted by Crippen LogP contribution is -2.46. The van der Waals surface area contributed by atoms with E-state index in [2.05, 4.69) is 20.4 Å². The summed E-state index contributed by atoms with van der Waals surface area (Å²) in [6.07, 6.45) is 1.01. The lowest BCUT2D eigenvalue weighted by molar-refractivity contribution is 0.0691. The number of carboxylic acids is 1. The quantitative estimate of drug-likeness (QED) is 0.367. The predicted molar refractivity (Wildman–Crippen MR) is 126 cm³/mol. The highest BCUT2D eigenvalue weighted by Gasteiger charge is 2.33. The summed E-state index contributed by atoms with van der Waals surface area (Å²) >= 11 is 12.1. The fourth-order valence-electron chi connectivity index (χ4n) is 3.93. The Labute approximate surface area is 206 Å². The van der Waals surface area contributed by atoms with Gasteiger partial charge in [0.2, 0.25) is 0 Å². The number of nitrogens with one attached hydrogen (secondary N) is 1. The maximum atomic E-state index is 14.4. The van der Waals surface area contributed by atoms with Crippen LogP contribution in [0.1, 0.15) is 33.4 Å². The number of halogens is 3. The number of carboxylic acid groups (broad SMARTS) is 1. The minimum absolute atomic E-state index is 0.0188. The van der Waals surface area contributed by atoms with Crippen molar-refractivity contribution in [2.24, 2.45) is 0 Å². The number of hydrogen-bond donors (Lipinski definition) is 2. The maximum Gasteiger partial charge on any atom is 0.356 e. The Morgan fingerprint density at radius 2 is 2.06 bits per heavy atom. The van der Waals surface area contributed by atoms with Gasteiger partial charge in [0.25, 0.3) is 5.56 Å². The van der Waals surface area contributed by atoms with E-state index >= 15 is 0 Å². The molecule has 0 amide bonds. The van der Waals surface area contributed by atoms with E-state index in [-0.39, 0.29) is 45.5 Å². The van der Waals surface area contributed by atoms with Gasteiger partial charge in [0.05, 0.1) is 11.4 Å². The first-order chi connectivity index (χ1) is 16.7. The zero-order chi connectivity index (χ0) is 24.9. The van der Waals surface area contributed by atoms with Crippen LogP contribution in [0.5, 0.6) is 0 Å². The number of carbonyl (C=O) groups is 1. The van der Waals surface area contributed by atoms with Crippen LogP contribution >= 0.6 is 23.2 Å². The van der Waals surface area contributed by atoms with Crippen LogP contribution in [0.15, 0.2) is 39.8 Å². The number of rotatable bonds is 6. The van der Waals surface area contributed by atoms with E-state index in [0.29, 0.717) is 24.4 Å². The first-order valence-corrected chi connectivity index (χ1v) is 11.2. The van der Waals surface area contributed by atoms with Crippen LogP contribution in [0.2, 0.25) is 10.2 Å². The zero-order valence-electron chi connectivity index (χ0n) is 18.1. The Balaban J connectivity index is 1.48. The smallest absolute Gasteiger partial charge is 0.356 e. The summed E-state index contributed by atoms with van der Waals surface area (Å²) in [5, 5.41) is 16.2. The minimum atomic E-state index is -1.28. The molecular formula is C22H17Cl2FN6O4. The van der Waals surface area contributed by atoms with Crippen molar-refractivity contribution in [1.82, 2.24) is 19.5 Å². The molecular weight excluding hydrogens is 502 g/mol. The molecule has 1 fully saturated rings. The minimum Gasteiger partial charge on any atom is -0.476 e. The highest BCUT2D eigenvalue weighted by atomic mass is 35.5. The largest absolute Gasteiger partial charge is 0.476 e. The lowest BCUT2D eigenvalue weighted by atomic mass is 9.96. The zero-order valence-corrected chi connectivity index (χ0v) is 19.6. The summed E-state index contributed by atoms with van der Waals surface area (Å²) in [5.41, 5.74) is 0.576. The molecule has 0 atom stereocenters. The summed E-state index contributed by atoms with van der Waals surface area (Å²) in [6.45, 7) is 2.83. The number of aromatic carboxylic acids is 1. The first kappa shape index (κ1) is 23.1. The van der Waals surface area contributed by atoms with Crippen molar-refractivity contribution in [3.63, 3.8) is 0 Å². The van der Waals surface area contributed by atoms with Crippen molar-refractivity contribution in [3.05, 3.63) is 79.5 Å². The lowest BCUT2D eigenvalue weighted by Gasteiger charge is -2.39. The number of anilines is 2. The average Bonchev–Trinajstić information content (AvgIpc) is 3.21. The second-order valence-corrected chi connectivity index (χ2v) is 8.85.